The molecule has 0 heterocycles. The van der Waals surface area contributed by atoms with Crippen molar-refractivity contribution in [3.63, 3.8) is 0 Å². The summed E-state index contributed by atoms with van der Waals surface area (Å²) in [5.74, 6) is -0.633. The zero-order chi connectivity index (χ0) is 15.0. The largest absolute Gasteiger partial charge is 0.462 e. The van der Waals surface area contributed by atoms with Crippen molar-refractivity contribution in [3.8, 4) is 0 Å². The number of nitrogens with two attached hydrogens (primary N) is 1. The second-order valence-corrected chi connectivity index (χ2v) is 4.20. The number of nitrogens with one attached hydrogen (secondary N) is 1. The molecule has 7 heteroatoms. The number of carbonyl (C=O) groups is 2. The summed E-state index contributed by atoms with van der Waals surface area (Å²) >= 11 is 0. The minimum atomic E-state index is -0.682. The Morgan fingerprint density at radius 1 is 1.29 bits per heavy atom. The molecule has 1 unspecified atom stereocenters. The van der Waals surface area contributed by atoms with Crippen LogP contribution in [0.3, 0.4) is 0 Å². The molecule has 3 N–H and O–H groups in total. The lowest BCUT2D eigenvalue weighted by Crippen LogP contribution is -2.43. The molecule has 6 nitrogen and oxygen atoms in total. The van der Waals surface area contributed by atoms with Crippen LogP contribution >= 0.6 is 12.4 Å². The average Bonchev–Trinajstić information content (AvgIpc) is 2.45. The number of ether oxygens (including phenoxy) is 2. The van der Waals surface area contributed by atoms with Gasteiger partial charge in [-0.1, -0.05) is 12.1 Å². The van der Waals surface area contributed by atoms with Crippen molar-refractivity contribution in [2.24, 2.45) is 5.73 Å². The molecule has 0 saturated heterocycles. The highest BCUT2D eigenvalue weighted by molar-refractivity contribution is 5.89. The first-order chi connectivity index (χ1) is 9.58. The van der Waals surface area contributed by atoms with Crippen molar-refractivity contribution in [2.45, 2.75) is 19.5 Å². The average molecular weight is 317 g/mol. The third-order valence-electron chi connectivity index (χ3n) is 2.61. The monoisotopic (exact) mass is 316 g/mol. The Bertz CT molecular complexity index is 451. The summed E-state index contributed by atoms with van der Waals surface area (Å²) in [7, 11) is 1.49. The van der Waals surface area contributed by atoms with Gasteiger partial charge in [0.2, 0.25) is 5.91 Å². The standard InChI is InChI=1S/C14H20N2O4.ClH/c1-3-20-14(18)11-6-4-10(5-7-11)8-16-13(17)12(15)9-19-2;/h4-7,12H,3,8-9,15H2,1-2H3,(H,16,17);1H. The molecule has 0 bridgehead atoms. The van der Waals surface area contributed by atoms with Crippen molar-refractivity contribution >= 4 is 24.3 Å². The molecular weight excluding hydrogens is 296 g/mol. The second-order valence-electron chi connectivity index (χ2n) is 4.20. The van der Waals surface area contributed by atoms with Crippen molar-refractivity contribution in [1.29, 1.82) is 0 Å². The number of esters is 1. The Morgan fingerprint density at radius 2 is 1.90 bits per heavy atom. The van der Waals surface area contributed by atoms with Gasteiger partial charge in [-0.25, -0.2) is 4.79 Å². The first-order valence-electron chi connectivity index (χ1n) is 6.36. The maximum Gasteiger partial charge on any atom is 0.338 e. The van der Waals surface area contributed by atoms with Crippen molar-refractivity contribution in [3.05, 3.63) is 35.4 Å². The van der Waals surface area contributed by atoms with Gasteiger partial charge >= 0.3 is 5.97 Å². The number of rotatable bonds is 7. The van der Waals surface area contributed by atoms with Gasteiger partial charge < -0.3 is 20.5 Å². The van der Waals surface area contributed by atoms with E-state index in [2.05, 4.69) is 5.32 Å². The molecule has 1 amide bonds. The zero-order valence-electron chi connectivity index (χ0n) is 12.1. The normalized spacial score (nSPS) is 11.2. The summed E-state index contributed by atoms with van der Waals surface area (Å²) in [6.07, 6.45) is 0. The van der Waals surface area contributed by atoms with E-state index in [1.807, 2.05) is 0 Å². The van der Waals surface area contributed by atoms with Crippen LogP contribution < -0.4 is 11.1 Å². The molecule has 0 aromatic heterocycles. The van der Waals surface area contributed by atoms with E-state index in [0.29, 0.717) is 18.7 Å². The summed E-state index contributed by atoms with van der Waals surface area (Å²) in [5.41, 5.74) is 6.95. The number of halogens is 1. The molecule has 0 aliphatic heterocycles. The first kappa shape index (κ1) is 19.4. The molecular formula is C14H21ClN2O4. The molecule has 0 saturated carbocycles. The van der Waals surface area contributed by atoms with E-state index in [1.54, 1.807) is 31.2 Å². The van der Waals surface area contributed by atoms with Crippen LogP contribution in [0.25, 0.3) is 0 Å². The highest BCUT2D eigenvalue weighted by atomic mass is 35.5. The SMILES string of the molecule is CCOC(=O)c1ccc(CNC(=O)C(N)COC)cc1.Cl. The van der Waals surface area contributed by atoms with Crippen LogP contribution in [0.4, 0.5) is 0 Å². The van der Waals surface area contributed by atoms with Crippen LogP contribution in [-0.2, 0) is 20.8 Å². The molecule has 118 valence electrons. The molecule has 21 heavy (non-hydrogen) atoms. The number of hydrogen-bond acceptors (Lipinski definition) is 5. The fraction of sp³-hybridized carbons (Fsp3) is 0.429. The molecule has 0 radical (unpaired) electrons. The lowest BCUT2D eigenvalue weighted by Gasteiger charge is -2.11. The Labute approximate surface area is 130 Å². The van der Waals surface area contributed by atoms with Gasteiger partial charge in [0.1, 0.15) is 6.04 Å². The molecule has 0 aliphatic rings. The first-order valence-corrected chi connectivity index (χ1v) is 6.36. The van der Waals surface area contributed by atoms with Crippen molar-refractivity contribution in [2.75, 3.05) is 20.3 Å². The Hall–Kier alpha value is -1.63. The molecule has 1 aromatic rings. The predicted molar refractivity (Wildman–Crippen MR) is 81.3 cm³/mol. The third kappa shape index (κ3) is 6.57. The molecule has 0 spiro atoms. The third-order valence-corrected chi connectivity index (χ3v) is 2.61. The fourth-order valence-corrected chi connectivity index (χ4v) is 1.55. The van der Waals surface area contributed by atoms with Crippen molar-refractivity contribution in [1.82, 2.24) is 5.32 Å². The number of amides is 1. The van der Waals surface area contributed by atoms with Crippen LogP contribution in [0.2, 0.25) is 0 Å². The van der Waals surface area contributed by atoms with E-state index in [1.165, 1.54) is 7.11 Å². The Kier molecular flexibility index (Phi) is 9.36. The van der Waals surface area contributed by atoms with E-state index in [9.17, 15) is 9.59 Å². The molecule has 1 atom stereocenters. The number of benzene rings is 1. The molecule has 0 aliphatic carbocycles. The van der Waals surface area contributed by atoms with E-state index >= 15 is 0 Å². The van der Waals surface area contributed by atoms with Gasteiger partial charge in [-0.2, -0.15) is 0 Å². The summed E-state index contributed by atoms with van der Waals surface area (Å²) < 4.78 is 9.69. The van der Waals surface area contributed by atoms with E-state index in [4.69, 9.17) is 15.2 Å². The van der Waals surface area contributed by atoms with Gasteiger partial charge in [0, 0.05) is 13.7 Å². The van der Waals surface area contributed by atoms with Crippen LogP contribution in [0, 0.1) is 0 Å². The zero-order valence-corrected chi connectivity index (χ0v) is 12.9. The number of hydrogen-bond donors (Lipinski definition) is 2. The highest BCUT2D eigenvalue weighted by Crippen LogP contribution is 2.06. The molecule has 1 aromatic carbocycles. The maximum atomic E-state index is 11.6. The minimum Gasteiger partial charge on any atom is -0.462 e. The lowest BCUT2D eigenvalue weighted by molar-refractivity contribution is -0.123. The highest BCUT2D eigenvalue weighted by Gasteiger charge is 2.12. The number of carbonyl (C=O) groups excluding carboxylic acids is 2. The smallest absolute Gasteiger partial charge is 0.338 e. The quantitative estimate of drug-likeness (QED) is 0.729. The maximum absolute atomic E-state index is 11.6. The van der Waals surface area contributed by atoms with Gasteiger partial charge in [-0.3, -0.25) is 4.79 Å². The van der Waals surface area contributed by atoms with E-state index in [0.717, 1.165) is 5.56 Å². The topological polar surface area (TPSA) is 90.7 Å². The van der Waals surface area contributed by atoms with Crippen LogP contribution in [-0.4, -0.2) is 38.2 Å². The van der Waals surface area contributed by atoms with Crippen LogP contribution in [0.15, 0.2) is 24.3 Å². The van der Waals surface area contributed by atoms with Gasteiger partial charge in [-0.15, -0.1) is 12.4 Å². The van der Waals surface area contributed by atoms with Crippen LogP contribution in [0.1, 0.15) is 22.8 Å². The second kappa shape index (κ2) is 10.1. The van der Waals surface area contributed by atoms with Crippen molar-refractivity contribution < 1.29 is 19.1 Å². The summed E-state index contributed by atoms with van der Waals surface area (Å²) in [6.45, 7) is 2.62. The van der Waals surface area contributed by atoms with Gasteiger partial charge in [0.05, 0.1) is 18.8 Å². The summed E-state index contributed by atoms with van der Waals surface area (Å²) in [6, 6.07) is 6.16. The summed E-state index contributed by atoms with van der Waals surface area (Å²) in [4.78, 5) is 23.0. The Morgan fingerprint density at radius 3 is 2.43 bits per heavy atom. The number of methoxy groups -OCH3 is 1. The van der Waals surface area contributed by atoms with Gasteiger partial charge in [0.15, 0.2) is 0 Å². The predicted octanol–water partition coefficient (Wildman–Crippen LogP) is 0.875. The summed E-state index contributed by atoms with van der Waals surface area (Å²) in [5, 5.41) is 2.70. The minimum absolute atomic E-state index is 0. The fourth-order valence-electron chi connectivity index (χ4n) is 1.55. The van der Waals surface area contributed by atoms with E-state index in [-0.39, 0.29) is 30.9 Å². The Balaban J connectivity index is 0.00000400. The van der Waals surface area contributed by atoms with Crippen LogP contribution in [0.5, 0.6) is 0 Å². The molecule has 0 fully saturated rings. The van der Waals surface area contributed by atoms with E-state index < -0.39 is 6.04 Å². The van der Waals surface area contributed by atoms with Gasteiger partial charge in [0.25, 0.3) is 0 Å². The van der Waals surface area contributed by atoms with Gasteiger partial charge in [-0.05, 0) is 24.6 Å². The molecule has 1 rings (SSSR count). The lowest BCUT2D eigenvalue weighted by atomic mass is 10.1.